The van der Waals surface area contributed by atoms with Gasteiger partial charge in [0, 0.05) is 23.9 Å². The van der Waals surface area contributed by atoms with Gasteiger partial charge in [0.15, 0.2) is 11.5 Å². The molecule has 1 saturated heterocycles. The zero-order chi connectivity index (χ0) is 18.0. The number of benzene rings is 1. The number of carbonyl (C=O) groups excluding carboxylic acids is 1. The van der Waals surface area contributed by atoms with Gasteiger partial charge in [-0.05, 0) is 56.8 Å². The fraction of sp³-hybridized carbons (Fsp3) is 0.667. The SMILES string of the molecule is C[C@H]1C[C@@H](C(=O)NCC2(c3ccc4c(c3)OCCO4)CCCC2)CCN1. The summed E-state index contributed by atoms with van der Waals surface area (Å²) in [7, 11) is 0. The highest BCUT2D eigenvalue weighted by Gasteiger charge is 2.37. The number of carbonyl (C=O) groups is 1. The molecular formula is C21H30N2O3. The molecule has 1 saturated carbocycles. The van der Waals surface area contributed by atoms with Gasteiger partial charge in [0.1, 0.15) is 13.2 Å². The lowest BCUT2D eigenvalue weighted by Gasteiger charge is -2.33. The molecule has 0 bridgehead atoms. The molecular weight excluding hydrogens is 328 g/mol. The van der Waals surface area contributed by atoms with Crippen LogP contribution in [0.5, 0.6) is 11.5 Å². The Kier molecular flexibility index (Phi) is 5.07. The minimum Gasteiger partial charge on any atom is -0.486 e. The van der Waals surface area contributed by atoms with E-state index in [1.165, 1.54) is 18.4 Å². The molecule has 0 unspecified atom stereocenters. The molecule has 1 amide bonds. The molecule has 0 spiro atoms. The van der Waals surface area contributed by atoms with E-state index in [9.17, 15) is 4.79 Å². The van der Waals surface area contributed by atoms with Crippen molar-refractivity contribution in [2.24, 2.45) is 5.92 Å². The van der Waals surface area contributed by atoms with Gasteiger partial charge < -0.3 is 20.1 Å². The van der Waals surface area contributed by atoms with E-state index in [1.807, 2.05) is 6.07 Å². The van der Waals surface area contributed by atoms with E-state index in [-0.39, 0.29) is 17.2 Å². The van der Waals surface area contributed by atoms with Crippen molar-refractivity contribution in [2.45, 2.75) is 56.9 Å². The third kappa shape index (κ3) is 3.54. The van der Waals surface area contributed by atoms with Crippen LogP contribution in [0.1, 0.15) is 51.0 Å². The molecule has 26 heavy (non-hydrogen) atoms. The molecule has 0 aromatic heterocycles. The van der Waals surface area contributed by atoms with Gasteiger partial charge in [-0.1, -0.05) is 18.9 Å². The molecule has 4 rings (SSSR count). The third-order valence-corrected chi connectivity index (χ3v) is 6.31. The maximum Gasteiger partial charge on any atom is 0.223 e. The van der Waals surface area contributed by atoms with Gasteiger partial charge in [-0.2, -0.15) is 0 Å². The summed E-state index contributed by atoms with van der Waals surface area (Å²) in [6.07, 6.45) is 6.55. The largest absolute Gasteiger partial charge is 0.486 e. The Labute approximate surface area is 155 Å². The lowest BCUT2D eigenvalue weighted by Crippen LogP contribution is -2.46. The topological polar surface area (TPSA) is 59.6 Å². The molecule has 1 aromatic rings. The molecule has 2 fully saturated rings. The zero-order valence-electron chi connectivity index (χ0n) is 15.7. The maximum absolute atomic E-state index is 12.7. The van der Waals surface area contributed by atoms with Crippen molar-refractivity contribution >= 4 is 5.91 Å². The Hall–Kier alpha value is -1.75. The molecule has 2 aliphatic heterocycles. The standard InChI is InChI=1S/C21H30N2O3/c1-15-12-16(6-9-22-15)20(24)23-14-21(7-2-3-8-21)17-4-5-18-19(13-17)26-11-10-25-18/h4-5,13,15-16,22H,2-3,6-12,14H2,1H3,(H,23,24)/t15-,16-/m0/s1. The van der Waals surface area contributed by atoms with Crippen molar-refractivity contribution in [3.63, 3.8) is 0 Å². The van der Waals surface area contributed by atoms with Crippen molar-refractivity contribution in [1.29, 1.82) is 0 Å². The predicted molar refractivity (Wildman–Crippen MR) is 101 cm³/mol. The first-order chi connectivity index (χ1) is 12.7. The number of hydrogen-bond donors (Lipinski definition) is 2. The Balaban J connectivity index is 1.47. The fourth-order valence-corrected chi connectivity index (χ4v) is 4.76. The monoisotopic (exact) mass is 358 g/mol. The van der Waals surface area contributed by atoms with Crippen molar-refractivity contribution in [2.75, 3.05) is 26.3 Å². The summed E-state index contributed by atoms with van der Waals surface area (Å²) >= 11 is 0. The minimum absolute atomic E-state index is 0.0318. The van der Waals surface area contributed by atoms with Crippen molar-refractivity contribution in [3.8, 4) is 11.5 Å². The lowest BCUT2D eigenvalue weighted by atomic mass is 9.78. The van der Waals surface area contributed by atoms with Crippen LogP contribution in [0, 0.1) is 5.92 Å². The molecule has 142 valence electrons. The first kappa shape index (κ1) is 17.7. The van der Waals surface area contributed by atoms with Crippen LogP contribution >= 0.6 is 0 Å². The van der Waals surface area contributed by atoms with E-state index < -0.39 is 0 Å². The van der Waals surface area contributed by atoms with Gasteiger partial charge in [0.2, 0.25) is 5.91 Å². The third-order valence-electron chi connectivity index (χ3n) is 6.31. The average molecular weight is 358 g/mol. The van der Waals surface area contributed by atoms with Gasteiger partial charge in [0.05, 0.1) is 0 Å². The predicted octanol–water partition coefficient (Wildman–Crippen LogP) is 2.77. The van der Waals surface area contributed by atoms with Crippen LogP contribution in [0.4, 0.5) is 0 Å². The normalized spacial score (nSPS) is 27.1. The smallest absolute Gasteiger partial charge is 0.223 e. The highest BCUT2D eigenvalue weighted by molar-refractivity contribution is 5.79. The molecule has 2 N–H and O–H groups in total. The van der Waals surface area contributed by atoms with Crippen LogP contribution in [0.25, 0.3) is 0 Å². The second kappa shape index (κ2) is 7.47. The molecule has 5 heteroatoms. The number of amides is 1. The second-order valence-corrected chi connectivity index (χ2v) is 8.14. The van der Waals surface area contributed by atoms with Gasteiger partial charge in [-0.15, -0.1) is 0 Å². The fourth-order valence-electron chi connectivity index (χ4n) is 4.76. The van der Waals surface area contributed by atoms with Crippen LogP contribution in [-0.4, -0.2) is 38.3 Å². The van der Waals surface area contributed by atoms with Crippen molar-refractivity contribution in [1.82, 2.24) is 10.6 Å². The second-order valence-electron chi connectivity index (χ2n) is 8.14. The van der Waals surface area contributed by atoms with Crippen LogP contribution in [0.15, 0.2) is 18.2 Å². The quantitative estimate of drug-likeness (QED) is 0.869. The number of piperidine rings is 1. The summed E-state index contributed by atoms with van der Waals surface area (Å²) in [6, 6.07) is 6.76. The number of fused-ring (bicyclic) bond motifs is 1. The summed E-state index contributed by atoms with van der Waals surface area (Å²) in [5.41, 5.74) is 1.31. The van der Waals surface area contributed by atoms with Crippen LogP contribution in [-0.2, 0) is 10.2 Å². The van der Waals surface area contributed by atoms with E-state index in [0.29, 0.717) is 19.3 Å². The lowest BCUT2D eigenvalue weighted by molar-refractivity contribution is -0.126. The minimum atomic E-state index is 0.0318. The number of nitrogens with one attached hydrogen (secondary N) is 2. The average Bonchev–Trinajstić information content (AvgIpc) is 3.16. The summed E-state index contributed by atoms with van der Waals surface area (Å²) in [6.45, 7) is 5.04. The highest BCUT2D eigenvalue weighted by atomic mass is 16.6. The Morgan fingerprint density at radius 3 is 2.77 bits per heavy atom. The maximum atomic E-state index is 12.7. The molecule has 3 aliphatic rings. The Morgan fingerprint density at radius 2 is 2.00 bits per heavy atom. The number of rotatable bonds is 4. The number of ether oxygens (including phenoxy) is 2. The molecule has 1 aliphatic carbocycles. The van der Waals surface area contributed by atoms with Gasteiger partial charge in [0.25, 0.3) is 0 Å². The molecule has 0 radical (unpaired) electrons. The molecule has 2 heterocycles. The van der Waals surface area contributed by atoms with E-state index in [1.54, 1.807) is 0 Å². The van der Waals surface area contributed by atoms with Gasteiger partial charge in [-0.25, -0.2) is 0 Å². The summed E-state index contributed by atoms with van der Waals surface area (Å²) < 4.78 is 11.4. The molecule has 2 atom stereocenters. The Morgan fingerprint density at radius 1 is 1.23 bits per heavy atom. The van der Waals surface area contributed by atoms with Crippen molar-refractivity contribution < 1.29 is 14.3 Å². The van der Waals surface area contributed by atoms with E-state index in [4.69, 9.17) is 9.47 Å². The first-order valence-corrected chi connectivity index (χ1v) is 10.1. The van der Waals surface area contributed by atoms with Crippen LogP contribution in [0.2, 0.25) is 0 Å². The van der Waals surface area contributed by atoms with Crippen LogP contribution in [0.3, 0.4) is 0 Å². The first-order valence-electron chi connectivity index (χ1n) is 10.1. The molecule has 5 nitrogen and oxygen atoms in total. The van der Waals surface area contributed by atoms with E-state index in [2.05, 4.69) is 29.7 Å². The van der Waals surface area contributed by atoms with Crippen molar-refractivity contribution in [3.05, 3.63) is 23.8 Å². The number of hydrogen-bond acceptors (Lipinski definition) is 4. The summed E-state index contributed by atoms with van der Waals surface area (Å²) in [5.74, 6) is 2.05. The van der Waals surface area contributed by atoms with Gasteiger partial charge >= 0.3 is 0 Å². The molecule has 1 aromatic carbocycles. The summed E-state index contributed by atoms with van der Waals surface area (Å²) in [5, 5.41) is 6.72. The highest BCUT2D eigenvalue weighted by Crippen LogP contribution is 2.43. The summed E-state index contributed by atoms with van der Waals surface area (Å²) in [4.78, 5) is 12.7. The van der Waals surface area contributed by atoms with E-state index in [0.717, 1.165) is 50.3 Å². The Bertz CT molecular complexity index is 655. The van der Waals surface area contributed by atoms with E-state index >= 15 is 0 Å². The van der Waals surface area contributed by atoms with Crippen LogP contribution < -0.4 is 20.1 Å². The zero-order valence-corrected chi connectivity index (χ0v) is 15.7. The van der Waals surface area contributed by atoms with Gasteiger partial charge in [-0.3, -0.25) is 4.79 Å².